The molecule has 2 nitrogen and oxygen atoms in total. The average molecular weight is 264 g/mol. The minimum atomic E-state index is -0.262. The van der Waals surface area contributed by atoms with E-state index in [-0.39, 0.29) is 5.97 Å². The van der Waals surface area contributed by atoms with E-state index in [1.54, 1.807) is 0 Å². The number of ether oxygens (including phenoxy) is 1. The van der Waals surface area contributed by atoms with Gasteiger partial charge in [0, 0.05) is 5.25 Å². The zero-order chi connectivity index (χ0) is 12.8. The number of thioether (sulfide) groups is 1. The lowest BCUT2D eigenvalue weighted by molar-refractivity contribution is 0.0600. The molecule has 0 unspecified atom stereocenters. The van der Waals surface area contributed by atoms with E-state index in [1.165, 1.54) is 44.1 Å². The minimum absolute atomic E-state index is 0.262. The van der Waals surface area contributed by atoms with E-state index in [0.717, 1.165) is 11.7 Å². The summed E-state index contributed by atoms with van der Waals surface area (Å²) in [5, 5.41) is 0.888. The molecule has 0 saturated heterocycles. The highest BCUT2D eigenvalue weighted by Gasteiger charge is 2.14. The standard InChI is InChI=1S/C15H20O2S/c1-17-15(16)13-8-6-12(7-9-13)10-11-18-14-4-2-3-5-14/h6-9,14H,2-5,10-11H2,1H3. The monoisotopic (exact) mass is 264 g/mol. The van der Waals surface area contributed by atoms with E-state index in [0.29, 0.717) is 5.56 Å². The van der Waals surface area contributed by atoms with Crippen LogP contribution >= 0.6 is 11.8 Å². The fraction of sp³-hybridized carbons (Fsp3) is 0.533. The first-order chi connectivity index (χ1) is 8.79. The van der Waals surface area contributed by atoms with Crippen molar-refractivity contribution in [1.82, 2.24) is 0 Å². The zero-order valence-corrected chi connectivity index (χ0v) is 11.7. The molecule has 0 radical (unpaired) electrons. The van der Waals surface area contributed by atoms with Crippen LogP contribution in [0.1, 0.15) is 41.6 Å². The quantitative estimate of drug-likeness (QED) is 0.759. The SMILES string of the molecule is COC(=O)c1ccc(CCSC2CCCC2)cc1. The van der Waals surface area contributed by atoms with Gasteiger partial charge in [0.25, 0.3) is 0 Å². The van der Waals surface area contributed by atoms with Gasteiger partial charge in [-0.15, -0.1) is 0 Å². The van der Waals surface area contributed by atoms with Crippen molar-refractivity contribution in [2.24, 2.45) is 0 Å². The third kappa shape index (κ3) is 3.77. The lowest BCUT2D eigenvalue weighted by Crippen LogP contribution is -2.01. The Morgan fingerprint density at radius 3 is 2.56 bits per heavy atom. The predicted octanol–water partition coefficient (Wildman–Crippen LogP) is 3.69. The van der Waals surface area contributed by atoms with E-state index in [1.807, 2.05) is 24.3 Å². The normalized spacial score (nSPS) is 15.8. The Hall–Kier alpha value is -0.960. The molecule has 1 saturated carbocycles. The number of hydrogen-bond acceptors (Lipinski definition) is 3. The van der Waals surface area contributed by atoms with Crippen LogP contribution in [0.5, 0.6) is 0 Å². The van der Waals surface area contributed by atoms with Crippen molar-refractivity contribution in [2.45, 2.75) is 37.4 Å². The first-order valence-corrected chi connectivity index (χ1v) is 7.63. The second kappa shape index (κ2) is 6.83. The summed E-state index contributed by atoms with van der Waals surface area (Å²) >= 11 is 2.10. The third-order valence-electron chi connectivity index (χ3n) is 3.42. The second-order valence-electron chi connectivity index (χ2n) is 4.72. The molecule has 1 aliphatic carbocycles. The highest BCUT2D eigenvalue weighted by Crippen LogP contribution is 2.29. The molecule has 98 valence electrons. The Morgan fingerprint density at radius 1 is 1.28 bits per heavy atom. The molecule has 0 amide bonds. The molecule has 2 rings (SSSR count). The molecule has 0 heterocycles. The number of benzene rings is 1. The fourth-order valence-corrected chi connectivity index (χ4v) is 3.68. The Kier molecular flexibility index (Phi) is 5.12. The van der Waals surface area contributed by atoms with Crippen molar-refractivity contribution < 1.29 is 9.53 Å². The van der Waals surface area contributed by atoms with Crippen LogP contribution in [0.25, 0.3) is 0 Å². The van der Waals surface area contributed by atoms with Gasteiger partial charge in [0.05, 0.1) is 12.7 Å². The van der Waals surface area contributed by atoms with E-state index in [4.69, 9.17) is 0 Å². The molecule has 0 aliphatic heterocycles. The highest BCUT2D eigenvalue weighted by atomic mass is 32.2. The van der Waals surface area contributed by atoms with Crippen LogP contribution in [0, 0.1) is 0 Å². The van der Waals surface area contributed by atoms with E-state index in [2.05, 4.69) is 16.5 Å². The number of carbonyl (C=O) groups excluding carboxylic acids is 1. The molecule has 18 heavy (non-hydrogen) atoms. The van der Waals surface area contributed by atoms with Crippen molar-refractivity contribution >= 4 is 17.7 Å². The van der Waals surface area contributed by atoms with Crippen LogP contribution in [0.2, 0.25) is 0 Å². The largest absolute Gasteiger partial charge is 0.465 e. The van der Waals surface area contributed by atoms with Gasteiger partial charge in [0.15, 0.2) is 0 Å². The smallest absolute Gasteiger partial charge is 0.337 e. The van der Waals surface area contributed by atoms with Crippen LogP contribution in [0.3, 0.4) is 0 Å². The molecular weight excluding hydrogens is 244 g/mol. The summed E-state index contributed by atoms with van der Waals surface area (Å²) in [7, 11) is 1.41. The number of esters is 1. The van der Waals surface area contributed by atoms with Crippen molar-refractivity contribution in [2.75, 3.05) is 12.9 Å². The molecular formula is C15H20O2S. The predicted molar refractivity (Wildman–Crippen MR) is 76.2 cm³/mol. The molecule has 0 N–H and O–H groups in total. The van der Waals surface area contributed by atoms with Crippen LogP contribution < -0.4 is 0 Å². The topological polar surface area (TPSA) is 26.3 Å². The first kappa shape index (κ1) is 13.5. The van der Waals surface area contributed by atoms with Crippen LogP contribution in [0.15, 0.2) is 24.3 Å². The summed E-state index contributed by atoms with van der Waals surface area (Å²) in [6.45, 7) is 0. The Balaban J connectivity index is 1.77. The van der Waals surface area contributed by atoms with Crippen LogP contribution in [0.4, 0.5) is 0 Å². The zero-order valence-electron chi connectivity index (χ0n) is 10.9. The molecule has 0 bridgehead atoms. The van der Waals surface area contributed by atoms with Gasteiger partial charge in [-0.25, -0.2) is 4.79 Å². The van der Waals surface area contributed by atoms with Gasteiger partial charge in [0.2, 0.25) is 0 Å². The average Bonchev–Trinajstić information content (AvgIpc) is 2.92. The summed E-state index contributed by atoms with van der Waals surface area (Å²) in [5.74, 6) is 0.921. The number of rotatable bonds is 5. The van der Waals surface area contributed by atoms with Crippen molar-refractivity contribution in [3.05, 3.63) is 35.4 Å². The number of methoxy groups -OCH3 is 1. The molecule has 1 aliphatic rings. The highest BCUT2D eigenvalue weighted by molar-refractivity contribution is 7.99. The maximum atomic E-state index is 11.3. The Morgan fingerprint density at radius 2 is 1.94 bits per heavy atom. The number of carbonyl (C=O) groups is 1. The van der Waals surface area contributed by atoms with E-state index >= 15 is 0 Å². The molecule has 0 atom stereocenters. The molecule has 1 aromatic carbocycles. The lowest BCUT2D eigenvalue weighted by Gasteiger charge is -2.08. The summed E-state index contributed by atoms with van der Waals surface area (Å²) in [6.07, 6.45) is 6.69. The Bertz CT molecular complexity index is 380. The Labute approximate surface area is 113 Å². The fourth-order valence-electron chi connectivity index (χ4n) is 2.32. The van der Waals surface area contributed by atoms with Crippen molar-refractivity contribution in [3.63, 3.8) is 0 Å². The van der Waals surface area contributed by atoms with Gasteiger partial charge >= 0.3 is 5.97 Å². The second-order valence-corrected chi connectivity index (χ2v) is 6.12. The molecule has 0 spiro atoms. The summed E-state index contributed by atoms with van der Waals surface area (Å²) in [6, 6.07) is 7.76. The molecule has 1 fully saturated rings. The molecule has 1 aromatic rings. The summed E-state index contributed by atoms with van der Waals surface area (Å²) < 4.78 is 4.68. The molecule has 3 heteroatoms. The third-order valence-corrected chi connectivity index (χ3v) is 4.80. The van der Waals surface area contributed by atoms with Gasteiger partial charge in [-0.05, 0) is 42.7 Å². The minimum Gasteiger partial charge on any atom is -0.465 e. The van der Waals surface area contributed by atoms with E-state index < -0.39 is 0 Å². The summed E-state index contributed by atoms with van der Waals surface area (Å²) in [4.78, 5) is 11.3. The van der Waals surface area contributed by atoms with Crippen molar-refractivity contribution in [3.8, 4) is 0 Å². The molecule has 0 aromatic heterocycles. The summed E-state index contributed by atoms with van der Waals surface area (Å²) in [5.41, 5.74) is 1.93. The van der Waals surface area contributed by atoms with Gasteiger partial charge in [-0.1, -0.05) is 25.0 Å². The maximum Gasteiger partial charge on any atom is 0.337 e. The van der Waals surface area contributed by atoms with Crippen LogP contribution in [-0.4, -0.2) is 24.1 Å². The maximum absolute atomic E-state index is 11.3. The first-order valence-electron chi connectivity index (χ1n) is 6.58. The number of hydrogen-bond donors (Lipinski definition) is 0. The van der Waals surface area contributed by atoms with Crippen molar-refractivity contribution in [1.29, 1.82) is 0 Å². The van der Waals surface area contributed by atoms with Gasteiger partial charge in [-0.3, -0.25) is 0 Å². The van der Waals surface area contributed by atoms with E-state index in [9.17, 15) is 4.79 Å². The van der Waals surface area contributed by atoms with Gasteiger partial charge < -0.3 is 4.74 Å². The van der Waals surface area contributed by atoms with Gasteiger partial charge in [-0.2, -0.15) is 11.8 Å². The van der Waals surface area contributed by atoms with Gasteiger partial charge in [0.1, 0.15) is 0 Å². The van der Waals surface area contributed by atoms with Crippen LogP contribution in [-0.2, 0) is 11.2 Å². The lowest BCUT2D eigenvalue weighted by atomic mass is 10.1. The number of aryl methyl sites for hydroxylation is 1.